The van der Waals surface area contributed by atoms with Gasteiger partial charge in [0.25, 0.3) is 0 Å². The standard InChI is InChI=1S/C12H22N2O.ClH/c1-12(2)6-10(12)11(15)14-5-4-9(8-14)7-13-3;/h9-10,13H,4-8H2,1-3H3;1H. The SMILES string of the molecule is CNCC1CCN(C(=O)C2CC2(C)C)C1.Cl. The lowest BCUT2D eigenvalue weighted by Gasteiger charge is -2.17. The first-order valence-corrected chi connectivity index (χ1v) is 5.98. The molecule has 1 saturated heterocycles. The van der Waals surface area contributed by atoms with Gasteiger partial charge >= 0.3 is 0 Å². The molecule has 0 aromatic rings. The molecule has 0 aromatic heterocycles. The molecular formula is C12H23ClN2O. The molecule has 1 saturated carbocycles. The summed E-state index contributed by atoms with van der Waals surface area (Å²) in [5.74, 6) is 1.38. The van der Waals surface area contributed by atoms with Crippen LogP contribution in [0.25, 0.3) is 0 Å². The highest BCUT2D eigenvalue weighted by Crippen LogP contribution is 2.52. The van der Waals surface area contributed by atoms with Gasteiger partial charge in [-0.3, -0.25) is 4.79 Å². The summed E-state index contributed by atoms with van der Waals surface area (Å²) in [7, 11) is 1.98. The van der Waals surface area contributed by atoms with E-state index >= 15 is 0 Å². The van der Waals surface area contributed by atoms with Crippen LogP contribution in [-0.2, 0) is 4.79 Å². The molecule has 3 nitrogen and oxygen atoms in total. The van der Waals surface area contributed by atoms with E-state index in [4.69, 9.17) is 0 Å². The minimum Gasteiger partial charge on any atom is -0.342 e. The van der Waals surface area contributed by atoms with Gasteiger partial charge in [0.15, 0.2) is 0 Å². The summed E-state index contributed by atoms with van der Waals surface area (Å²) in [5.41, 5.74) is 0.276. The zero-order valence-corrected chi connectivity index (χ0v) is 11.3. The van der Waals surface area contributed by atoms with Crippen molar-refractivity contribution in [3.63, 3.8) is 0 Å². The molecule has 1 N–H and O–H groups in total. The van der Waals surface area contributed by atoms with Crippen molar-refractivity contribution >= 4 is 18.3 Å². The third-order valence-corrected chi connectivity index (χ3v) is 3.90. The van der Waals surface area contributed by atoms with Crippen molar-refractivity contribution in [1.82, 2.24) is 10.2 Å². The Balaban J connectivity index is 0.00000128. The summed E-state index contributed by atoms with van der Waals surface area (Å²) in [4.78, 5) is 14.1. The van der Waals surface area contributed by atoms with E-state index in [0.717, 1.165) is 26.1 Å². The molecule has 1 heterocycles. The lowest BCUT2D eigenvalue weighted by Crippen LogP contribution is -2.32. The Kier molecular flexibility index (Phi) is 4.24. The Bertz CT molecular complexity index is 268. The molecule has 0 spiro atoms. The maximum Gasteiger partial charge on any atom is 0.226 e. The van der Waals surface area contributed by atoms with Crippen molar-refractivity contribution in [3.8, 4) is 0 Å². The van der Waals surface area contributed by atoms with Crippen molar-refractivity contribution in [2.45, 2.75) is 26.7 Å². The highest BCUT2D eigenvalue weighted by atomic mass is 35.5. The lowest BCUT2D eigenvalue weighted by atomic mass is 10.1. The first-order chi connectivity index (χ1) is 7.04. The van der Waals surface area contributed by atoms with E-state index in [1.54, 1.807) is 0 Å². The fourth-order valence-corrected chi connectivity index (χ4v) is 2.60. The largest absolute Gasteiger partial charge is 0.342 e. The molecule has 2 atom stereocenters. The van der Waals surface area contributed by atoms with E-state index in [-0.39, 0.29) is 17.8 Å². The molecule has 0 aromatic carbocycles. The number of amides is 1. The van der Waals surface area contributed by atoms with E-state index in [1.807, 2.05) is 7.05 Å². The van der Waals surface area contributed by atoms with Crippen molar-refractivity contribution in [1.29, 1.82) is 0 Å². The van der Waals surface area contributed by atoms with E-state index in [2.05, 4.69) is 24.1 Å². The average molecular weight is 247 g/mol. The van der Waals surface area contributed by atoms with Crippen molar-refractivity contribution in [3.05, 3.63) is 0 Å². The van der Waals surface area contributed by atoms with Gasteiger partial charge in [0.2, 0.25) is 5.91 Å². The maximum absolute atomic E-state index is 12.1. The second-order valence-corrected chi connectivity index (χ2v) is 5.74. The third-order valence-electron chi connectivity index (χ3n) is 3.90. The number of hydrogen-bond donors (Lipinski definition) is 1. The Morgan fingerprint density at radius 3 is 2.62 bits per heavy atom. The fourth-order valence-electron chi connectivity index (χ4n) is 2.60. The van der Waals surface area contributed by atoms with Gasteiger partial charge in [-0.15, -0.1) is 12.4 Å². The van der Waals surface area contributed by atoms with Crippen LogP contribution in [0.4, 0.5) is 0 Å². The average Bonchev–Trinajstić information content (AvgIpc) is 2.64. The minimum atomic E-state index is 0. The molecule has 2 aliphatic rings. The number of halogens is 1. The highest BCUT2D eigenvalue weighted by molar-refractivity contribution is 5.85. The Hall–Kier alpha value is -0.280. The topological polar surface area (TPSA) is 32.3 Å². The molecular weight excluding hydrogens is 224 g/mol. The molecule has 2 fully saturated rings. The number of carbonyl (C=O) groups is 1. The summed E-state index contributed by atoms with van der Waals surface area (Å²) in [6.07, 6.45) is 2.25. The van der Waals surface area contributed by atoms with Crippen LogP contribution in [0.15, 0.2) is 0 Å². The fraction of sp³-hybridized carbons (Fsp3) is 0.917. The number of rotatable bonds is 3. The number of nitrogens with zero attached hydrogens (tertiary/aromatic N) is 1. The quantitative estimate of drug-likeness (QED) is 0.819. The summed E-state index contributed by atoms with van der Waals surface area (Å²) in [6.45, 7) is 7.36. The Morgan fingerprint density at radius 1 is 1.50 bits per heavy atom. The number of hydrogen-bond acceptors (Lipinski definition) is 2. The van der Waals surface area contributed by atoms with Crippen LogP contribution in [-0.4, -0.2) is 37.5 Å². The number of nitrogens with one attached hydrogen (secondary N) is 1. The molecule has 1 aliphatic carbocycles. The smallest absolute Gasteiger partial charge is 0.226 e. The second-order valence-electron chi connectivity index (χ2n) is 5.74. The Labute approximate surface area is 104 Å². The summed E-state index contributed by atoms with van der Waals surface area (Å²) in [6, 6.07) is 0. The number of carbonyl (C=O) groups excluding carboxylic acids is 1. The molecule has 0 bridgehead atoms. The molecule has 0 radical (unpaired) electrons. The van der Waals surface area contributed by atoms with Crippen LogP contribution in [0.2, 0.25) is 0 Å². The second kappa shape index (κ2) is 4.92. The van der Waals surface area contributed by atoms with E-state index in [0.29, 0.717) is 17.7 Å². The minimum absolute atomic E-state index is 0. The van der Waals surface area contributed by atoms with Crippen molar-refractivity contribution in [2.24, 2.45) is 17.3 Å². The van der Waals surface area contributed by atoms with Gasteiger partial charge in [0, 0.05) is 19.0 Å². The van der Waals surface area contributed by atoms with Crippen LogP contribution in [0.5, 0.6) is 0 Å². The van der Waals surface area contributed by atoms with Crippen LogP contribution in [0.1, 0.15) is 26.7 Å². The van der Waals surface area contributed by atoms with E-state index in [1.165, 1.54) is 6.42 Å². The molecule has 1 aliphatic heterocycles. The Morgan fingerprint density at radius 2 is 2.12 bits per heavy atom. The summed E-state index contributed by atoms with van der Waals surface area (Å²) in [5, 5.41) is 3.19. The third kappa shape index (κ3) is 2.69. The van der Waals surface area contributed by atoms with Crippen LogP contribution in [0, 0.1) is 17.3 Å². The van der Waals surface area contributed by atoms with Crippen molar-refractivity contribution in [2.75, 3.05) is 26.7 Å². The zero-order chi connectivity index (χ0) is 11.1. The first-order valence-electron chi connectivity index (χ1n) is 5.98. The lowest BCUT2D eigenvalue weighted by molar-refractivity contribution is -0.132. The molecule has 1 amide bonds. The van der Waals surface area contributed by atoms with Crippen LogP contribution in [0.3, 0.4) is 0 Å². The normalized spacial score (nSPS) is 31.1. The van der Waals surface area contributed by atoms with E-state index < -0.39 is 0 Å². The monoisotopic (exact) mass is 246 g/mol. The predicted octanol–water partition coefficient (Wildman–Crippen LogP) is 1.52. The predicted molar refractivity (Wildman–Crippen MR) is 67.7 cm³/mol. The van der Waals surface area contributed by atoms with Gasteiger partial charge in [0.05, 0.1) is 0 Å². The van der Waals surface area contributed by atoms with Gasteiger partial charge in [-0.25, -0.2) is 0 Å². The van der Waals surface area contributed by atoms with Gasteiger partial charge < -0.3 is 10.2 Å². The summed E-state index contributed by atoms with van der Waals surface area (Å²) >= 11 is 0. The highest BCUT2D eigenvalue weighted by Gasteiger charge is 2.52. The van der Waals surface area contributed by atoms with Gasteiger partial charge in [0.1, 0.15) is 0 Å². The maximum atomic E-state index is 12.1. The summed E-state index contributed by atoms with van der Waals surface area (Å²) < 4.78 is 0. The molecule has 94 valence electrons. The van der Waals surface area contributed by atoms with Crippen molar-refractivity contribution < 1.29 is 4.79 Å². The van der Waals surface area contributed by atoms with Crippen LogP contribution >= 0.6 is 12.4 Å². The zero-order valence-electron chi connectivity index (χ0n) is 10.5. The molecule has 4 heteroatoms. The number of likely N-dealkylation sites (tertiary alicyclic amines) is 1. The van der Waals surface area contributed by atoms with Gasteiger partial charge in [-0.1, -0.05) is 13.8 Å². The first kappa shape index (κ1) is 13.8. The molecule has 2 rings (SSSR count). The van der Waals surface area contributed by atoms with Gasteiger partial charge in [-0.05, 0) is 37.8 Å². The van der Waals surface area contributed by atoms with E-state index in [9.17, 15) is 4.79 Å². The van der Waals surface area contributed by atoms with Gasteiger partial charge in [-0.2, -0.15) is 0 Å². The molecule has 2 unspecified atom stereocenters. The van der Waals surface area contributed by atoms with Crippen LogP contribution < -0.4 is 5.32 Å². The molecule has 16 heavy (non-hydrogen) atoms.